The van der Waals surface area contributed by atoms with Gasteiger partial charge in [-0.1, -0.05) is 12.1 Å². The van der Waals surface area contributed by atoms with Crippen LogP contribution in [0.4, 0.5) is 5.69 Å². The van der Waals surface area contributed by atoms with E-state index in [4.69, 9.17) is 19.9 Å². The van der Waals surface area contributed by atoms with Crippen LogP contribution < -0.4 is 25.3 Å². The average Bonchev–Trinajstić information content (AvgIpc) is 2.76. The molecule has 0 heterocycles. The van der Waals surface area contributed by atoms with Crippen LogP contribution in [0.25, 0.3) is 5.57 Å². The number of rotatable bonds is 10. The number of amides is 1. The molecule has 1 amide bonds. The fourth-order valence-corrected chi connectivity index (χ4v) is 2.96. The fraction of sp³-hybridized carbons (Fsp3) is 0.304. The summed E-state index contributed by atoms with van der Waals surface area (Å²) in [6.07, 6.45) is 2.37. The van der Waals surface area contributed by atoms with E-state index in [2.05, 4.69) is 11.4 Å². The first-order valence-electron chi connectivity index (χ1n) is 9.67. The molecule has 2 aromatic carbocycles. The van der Waals surface area contributed by atoms with Crippen LogP contribution in [-0.2, 0) is 4.79 Å². The number of halogens is 1. The molecular weight excluding hydrogens is 418 g/mol. The van der Waals surface area contributed by atoms with Crippen molar-refractivity contribution < 1.29 is 19.0 Å². The standard InChI is InChI=1S/C23H27N3O4.ClH/c1-4-30-22-15-17(8-10-21(22)29-3)18(11-13-25)16-7-9-20(28-2)19(14-16)26-23(27)6-5-12-24;/h7-11,14-15H,4-6,12,24H2,1-3H3,(H,26,27);1H. The van der Waals surface area contributed by atoms with Gasteiger partial charge in [-0.15, -0.1) is 12.4 Å². The molecule has 3 N–H and O–H groups in total. The maximum absolute atomic E-state index is 12.2. The van der Waals surface area contributed by atoms with Crippen molar-refractivity contribution in [1.29, 1.82) is 5.26 Å². The molecule has 0 atom stereocenters. The van der Waals surface area contributed by atoms with Gasteiger partial charge in [0.25, 0.3) is 0 Å². The highest BCUT2D eigenvalue weighted by Gasteiger charge is 2.14. The van der Waals surface area contributed by atoms with Crippen LogP contribution in [0.5, 0.6) is 17.2 Å². The second-order valence-electron chi connectivity index (χ2n) is 6.34. The van der Waals surface area contributed by atoms with Gasteiger partial charge >= 0.3 is 0 Å². The molecule has 7 nitrogen and oxygen atoms in total. The summed E-state index contributed by atoms with van der Waals surface area (Å²) in [5, 5.41) is 12.2. The van der Waals surface area contributed by atoms with Gasteiger partial charge in [-0.05, 0) is 60.9 Å². The third kappa shape index (κ3) is 6.92. The van der Waals surface area contributed by atoms with Crippen LogP contribution in [0.15, 0.2) is 42.5 Å². The Kier molecular flexibility index (Phi) is 11.0. The zero-order chi connectivity index (χ0) is 21.9. The minimum atomic E-state index is -0.148. The highest BCUT2D eigenvalue weighted by atomic mass is 35.5. The summed E-state index contributed by atoms with van der Waals surface area (Å²) < 4.78 is 16.4. The van der Waals surface area contributed by atoms with E-state index in [1.807, 2.05) is 25.1 Å². The van der Waals surface area contributed by atoms with Crippen molar-refractivity contribution in [2.75, 3.05) is 32.7 Å². The Hall–Kier alpha value is -3.21. The van der Waals surface area contributed by atoms with E-state index >= 15 is 0 Å². The van der Waals surface area contributed by atoms with Crippen LogP contribution in [0.2, 0.25) is 0 Å². The number of methoxy groups -OCH3 is 2. The van der Waals surface area contributed by atoms with E-state index in [9.17, 15) is 10.1 Å². The van der Waals surface area contributed by atoms with E-state index in [0.29, 0.717) is 54.5 Å². The molecule has 8 heteroatoms. The third-order valence-electron chi connectivity index (χ3n) is 4.38. The molecule has 0 aromatic heterocycles. The average molecular weight is 446 g/mol. The lowest BCUT2D eigenvalue weighted by atomic mass is 9.96. The van der Waals surface area contributed by atoms with E-state index in [-0.39, 0.29) is 18.3 Å². The van der Waals surface area contributed by atoms with Gasteiger partial charge in [0.15, 0.2) is 11.5 Å². The Morgan fingerprint density at radius 3 is 2.32 bits per heavy atom. The Morgan fingerprint density at radius 1 is 1.10 bits per heavy atom. The summed E-state index contributed by atoms with van der Waals surface area (Å²) in [5.74, 6) is 1.58. The smallest absolute Gasteiger partial charge is 0.224 e. The van der Waals surface area contributed by atoms with Gasteiger partial charge in [0, 0.05) is 12.5 Å². The van der Waals surface area contributed by atoms with Crippen molar-refractivity contribution in [2.24, 2.45) is 5.73 Å². The predicted molar refractivity (Wildman–Crippen MR) is 124 cm³/mol. The minimum Gasteiger partial charge on any atom is -0.495 e. The van der Waals surface area contributed by atoms with E-state index in [1.54, 1.807) is 25.3 Å². The maximum Gasteiger partial charge on any atom is 0.224 e. The highest BCUT2D eigenvalue weighted by Crippen LogP contribution is 2.35. The molecule has 0 aliphatic rings. The summed E-state index contributed by atoms with van der Waals surface area (Å²) in [7, 11) is 3.11. The van der Waals surface area contributed by atoms with Gasteiger partial charge < -0.3 is 25.3 Å². The predicted octanol–water partition coefficient (Wildman–Crippen LogP) is 4.16. The van der Waals surface area contributed by atoms with Gasteiger partial charge in [-0.3, -0.25) is 4.79 Å². The first kappa shape index (κ1) is 25.8. The van der Waals surface area contributed by atoms with E-state index in [1.165, 1.54) is 13.2 Å². The zero-order valence-corrected chi connectivity index (χ0v) is 18.8. The van der Waals surface area contributed by atoms with Crippen molar-refractivity contribution in [3.05, 3.63) is 53.6 Å². The number of carbonyl (C=O) groups is 1. The lowest BCUT2D eigenvalue weighted by Gasteiger charge is -2.15. The molecule has 0 radical (unpaired) electrons. The monoisotopic (exact) mass is 445 g/mol. The fourth-order valence-electron chi connectivity index (χ4n) is 2.96. The summed E-state index contributed by atoms with van der Waals surface area (Å²) in [5.41, 5.74) is 8.22. The second-order valence-corrected chi connectivity index (χ2v) is 6.34. The quantitative estimate of drug-likeness (QED) is 0.532. The number of carbonyl (C=O) groups excluding carboxylic acids is 1. The molecule has 31 heavy (non-hydrogen) atoms. The number of ether oxygens (including phenoxy) is 3. The Bertz CT molecular complexity index is 954. The summed E-state index contributed by atoms with van der Waals surface area (Å²) in [4.78, 5) is 12.2. The zero-order valence-electron chi connectivity index (χ0n) is 17.9. The number of hydrogen-bond acceptors (Lipinski definition) is 6. The highest BCUT2D eigenvalue weighted by molar-refractivity contribution is 5.94. The molecule has 0 fully saturated rings. The number of hydrogen-bond donors (Lipinski definition) is 2. The molecule has 0 saturated carbocycles. The number of allylic oxidation sites excluding steroid dienone is 1. The topological polar surface area (TPSA) is 107 Å². The van der Waals surface area contributed by atoms with Crippen molar-refractivity contribution in [1.82, 2.24) is 0 Å². The molecule has 2 rings (SSSR count). The number of benzene rings is 2. The van der Waals surface area contributed by atoms with Gasteiger partial charge in [-0.25, -0.2) is 0 Å². The van der Waals surface area contributed by atoms with Crippen molar-refractivity contribution >= 4 is 29.6 Å². The molecule has 166 valence electrons. The molecule has 0 spiro atoms. The molecule has 0 bridgehead atoms. The Balaban J connectivity index is 0.00000480. The lowest BCUT2D eigenvalue weighted by Crippen LogP contribution is -2.14. The first-order chi connectivity index (χ1) is 14.6. The van der Waals surface area contributed by atoms with Crippen LogP contribution >= 0.6 is 12.4 Å². The van der Waals surface area contributed by atoms with Gasteiger partial charge in [-0.2, -0.15) is 5.26 Å². The van der Waals surface area contributed by atoms with E-state index < -0.39 is 0 Å². The van der Waals surface area contributed by atoms with Crippen molar-refractivity contribution in [3.63, 3.8) is 0 Å². The minimum absolute atomic E-state index is 0. The number of nitrogens with two attached hydrogens (primary N) is 1. The largest absolute Gasteiger partial charge is 0.495 e. The lowest BCUT2D eigenvalue weighted by molar-refractivity contribution is -0.116. The summed E-state index contributed by atoms with van der Waals surface area (Å²) in [6.45, 7) is 2.82. The third-order valence-corrected chi connectivity index (χ3v) is 4.38. The second kappa shape index (κ2) is 13.2. The SMILES string of the molecule is CCOc1cc(C(=CC#N)c2ccc(OC)c(NC(=O)CCCN)c2)ccc1OC.Cl. The van der Waals surface area contributed by atoms with Crippen LogP contribution in [0.1, 0.15) is 30.9 Å². The molecule has 0 unspecified atom stereocenters. The van der Waals surface area contributed by atoms with Crippen LogP contribution in [-0.4, -0.2) is 33.3 Å². The van der Waals surface area contributed by atoms with Gasteiger partial charge in [0.2, 0.25) is 5.91 Å². The molecule has 0 saturated heterocycles. The van der Waals surface area contributed by atoms with Crippen molar-refractivity contribution in [2.45, 2.75) is 19.8 Å². The number of nitrogens with one attached hydrogen (secondary N) is 1. The van der Waals surface area contributed by atoms with Crippen LogP contribution in [0, 0.1) is 11.3 Å². The normalized spacial score (nSPS) is 10.5. The van der Waals surface area contributed by atoms with Crippen LogP contribution in [0.3, 0.4) is 0 Å². The molecule has 2 aromatic rings. The number of anilines is 1. The van der Waals surface area contributed by atoms with Gasteiger partial charge in [0.1, 0.15) is 5.75 Å². The first-order valence-corrected chi connectivity index (χ1v) is 9.67. The molecular formula is C23H28ClN3O4. The molecule has 0 aliphatic carbocycles. The Labute approximate surface area is 189 Å². The summed E-state index contributed by atoms with van der Waals surface area (Å²) >= 11 is 0. The number of nitriles is 1. The maximum atomic E-state index is 12.2. The van der Waals surface area contributed by atoms with Crippen molar-refractivity contribution in [3.8, 4) is 23.3 Å². The van der Waals surface area contributed by atoms with E-state index in [0.717, 1.165) is 11.1 Å². The van der Waals surface area contributed by atoms with Gasteiger partial charge in [0.05, 0.1) is 32.6 Å². The molecule has 0 aliphatic heterocycles. The summed E-state index contributed by atoms with van der Waals surface area (Å²) in [6, 6.07) is 13.0. The number of nitrogens with zero attached hydrogens (tertiary/aromatic N) is 1. The Morgan fingerprint density at radius 2 is 1.74 bits per heavy atom.